The molecule has 86 valence electrons. The van der Waals surface area contributed by atoms with Crippen LogP contribution in [-0.2, 0) is 19.6 Å². The topological polar surface area (TPSA) is 80.3 Å². The zero-order valence-electron chi connectivity index (χ0n) is 8.23. The SMILES string of the molecule is CC(=O)C(=O)NS(=O)(=O)c1ccccc1Cl. The molecule has 0 saturated carbocycles. The summed E-state index contributed by atoms with van der Waals surface area (Å²) in [6.07, 6.45) is 0. The Bertz CT molecular complexity index is 538. The number of carbonyl (C=O) groups is 2. The van der Waals surface area contributed by atoms with Crippen LogP contribution < -0.4 is 4.72 Å². The number of carbonyl (C=O) groups excluding carboxylic acids is 2. The Morgan fingerprint density at radius 2 is 1.81 bits per heavy atom. The van der Waals surface area contributed by atoms with E-state index in [4.69, 9.17) is 11.6 Å². The van der Waals surface area contributed by atoms with Crippen LogP contribution in [0.3, 0.4) is 0 Å². The molecule has 0 spiro atoms. The largest absolute Gasteiger partial charge is 0.300 e. The Labute approximate surface area is 97.5 Å². The lowest BCUT2D eigenvalue weighted by Gasteiger charge is -2.06. The van der Waals surface area contributed by atoms with E-state index in [1.165, 1.54) is 18.2 Å². The van der Waals surface area contributed by atoms with Crippen molar-refractivity contribution in [2.24, 2.45) is 0 Å². The van der Waals surface area contributed by atoms with Gasteiger partial charge in [-0.15, -0.1) is 0 Å². The van der Waals surface area contributed by atoms with Crippen LogP contribution >= 0.6 is 11.6 Å². The number of Topliss-reactive ketones (excluding diaryl/α,β-unsaturated/α-hetero) is 1. The number of ketones is 1. The van der Waals surface area contributed by atoms with Gasteiger partial charge in [-0.3, -0.25) is 9.59 Å². The first kappa shape index (κ1) is 12.7. The summed E-state index contributed by atoms with van der Waals surface area (Å²) in [5.74, 6) is -2.09. The molecule has 0 fully saturated rings. The van der Waals surface area contributed by atoms with Gasteiger partial charge in [-0.25, -0.2) is 13.1 Å². The molecule has 1 aromatic rings. The van der Waals surface area contributed by atoms with E-state index in [-0.39, 0.29) is 9.92 Å². The lowest BCUT2D eigenvalue weighted by molar-refractivity contribution is -0.135. The Hall–Kier alpha value is -1.40. The Balaban J connectivity index is 3.09. The van der Waals surface area contributed by atoms with Crippen LogP contribution in [0.2, 0.25) is 5.02 Å². The minimum absolute atomic E-state index is 0.0219. The Kier molecular flexibility index (Phi) is 3.66. The molecule has 1 rings (SSSR count). The Morgan fingerprint density at radius 3 is 2.31 bits per heavy atom. The van der Waals surface area contributed by atoms with E-state index in [1.54, 1.807) is 10.8 Å². The zero-order chi connectivity index (χ0) is 12.3. The molecule has 0 aliphatic heterocycles. The molecule has 0 aliphatic rings. The van der Waals surface area contributed by atoms with Gasteiger partial charge in [0.25, 0.3) is 10.0 Å². The van der Waals surface area contributed by atoms with Gasteiger partial charge in [0.1, 0.15) is 4.90 Å². The van der Waals surface area contributed by atoms with Gasteiger partial charge >= 0.3 is 5.91 Å². The molecule has 16 heavy (non-hydrogen) atoms. The normalized spacial score (nSPS) is 10.9. The maximum atomic E-state index is 11.6. The average Bonchev–Trinajstić information content (AvgIpc) is 2.17. The maximum absolute atomic E-state index is 11.6. The van der Waals surface area contributed by atoms with Gasteiger partial charge in [0.15, 0.2) is 0 Å². The number of nitrogens with one attached hydrogen (secondary N) is 1. The van der Waals surface area contributed by atoms with Gasteiger partial charge in [-0.2, -0.15) is 0 Å². The van der Waals surface area contributed by atoms with Crippen molar-refractivity contribution in [2.75, 3.05) is 0 Å². The second-order valence-electron chi connectivity index (χ2n) is 2.92. The van der Waals surface area contributed by atoms with Crippen molar-refractivity contribution in [3.63, 3.8) is 0 Å². The van der Waals surface area contributed by atoms with Crippen LogP contribution in [0.15, 0.2) is 29.2 Å². The maximum Gasteiger partial charge on any atom is 0.300 e. The van der Waals surface area contributed by atoms with Crippen LogP contribution in [0.25, 0.3) is 0 Å². The minimum atomic E-state index is -4.09. The van der Waals surface area contributed by atoms with E-state index < -0.39 is 21.7 Å². The zero-order valence-corrected chi connectivity index (χ0v) is 9.80. The van der Waals surface area contributed by atoms with Crippen LogP contribution in [0.1, 0.15) is 6.92 Å². The van der Waals surface area contributed by atoms with E-state index in [0.29, 0.717) is 0 Å². The van der Waals surface area contributed by atoms with Crippen molar-refractivity contribution < 1.29 is 18.0 Å². The average molecular weight is 262 g/mol. The van der Waals surface area contributed by atoms with Crippen molar-refractivity contribution in [2.45, 2.75) is 11.8 Å². The molecule has 1 N–H and O–H groups in total. The summed E-state index contributed by atoms with van der Waals surface area (Å²) in [7, 11) is -4.09. The van der Waals surface area contributed by atoms with Gasteiger partial charge in [0.05, 0.1) is 5.02 Å². The van der Waals surface area contributed by atoms with Crippen molar-refractivity contribution in [1.29, 1.82) is 0 Å². The second-order valence-corrected chi connectivity index (χ2v) is 4.98. The summed E-state index contributed by atoms with van der Waals surface area (Å²) in [4.78, 5) is 21.3. The van der Waals surface area contributed by atoms with Gasteiger partial charge in [-0.1, -0.05) is 23.7 Å². The standard InChI is InChI=1S/C9H8ClNO4S/c1-6(12)9(13)11-16(14,15)8-5-3-2-4-7(8)10/h2-5H,1H3,(H,11,13). The predicted octanol–water partition coefficient (Wildman–Crippen LogP) is 0.734. The third-order valence-electron chi connectivity index (χ3n) is 1.67. The van der Waals surface area contributed by atoms with E-state index in [9.17, 15) is 18.0 Å². The highest BCUT2D eigenvalue weighted by molar-refractivity contribution is 7.90. The molecule has 0 unspecified atom stereocenters. The fraction of sp³-hybridized carbons (Fsp3) is 0.111. The summed E-state index contributed by atoms with van der Waals surface area (Å²) < 4.78 is 24.8. The predicted molar refractivity (Wildman–Crippen MR) is 57.5 cm³/mol. The third kappa shape index (κ3) is 2.80. The van der Waals surface area contributed by atoms with E-state index in [1.807, 2.05) is 0 Å². The molecular weight excluding hydrogens is 254 g/mol. The molecule has 0 aromatic heterocycles. The number of halogens is 1. The number of rotatable bonds is 3. The van der Waals surface area contributed by atoms with Crippen LogP contribution in [0.4, 0.5) is 0 Å². The quantitative estimate of drug-likeness (QED) is 0.814. The van der Waals surface area contributed by atoms with Gasteiger partial charge in [-0.05, 0) is 12.1 Å². The second kappa shape index (κ2) is 4.63. The monoisotopic (exact) mass is 261 g/mol. The highest BCUT2D eigenvalue weighted by atomic mass is 35.5. The number of sulfonamides is 1. The Morgan fingerprint density at radius 1 is 1.25 bits per heavy atom. The first-order valence-electron chi connectivity index (χ1n) is 4.17. The summed E-state index contributed by atoms with van der Waals surface area (Å²) >= 11 is 5.66. The molecule has 0 aliphatic carbocycles. The molecule has 0 heterocycles. The van der Waals surface area contributed by atoms with E-state index in [0.717, 1.165) is 6.92 Å². The minimum Gasteiger partial charge on any atom is -0.289 e. The van der Waals surface area contributed by atoms with Crippen LogP contribution in [0.5, 0.6) is 0 Å². The summed E-state index contributed by atoms with van der Waals surface area (Å²) in [5.41, 5.74) is 0. The van der Waals surface area contributed by atoms with Crippen LogP contribution in [-0.4, -0.2) is 20.1 Å². The lowest BCUT2D eigenvalue weighted by Crippen LogP contribution is -2.34. The van der Waals surface area contributed by atoms with Crippen molar-refractivity contribution >= 4 is 33.3 Å². The molecule has 0 saturated heterocycles. The van der Waals surface area contributed by atoms with Gasteiger partial charge in [0.2, 0.25) is 5.78 Å². The summed E-state index contributed by atoms with van der Waals surface area (Å²) in [6, 6.07) is 5.61. The first-order valence-corrected chi connectivity index (χ1v) is 6.03. The molecular formula is C9H8ClNO4S. The molecule has 0 bridgehead atoms. The van der Waals surface area contributed by atoms with Gasteiger partial charge < -0.3 is 0 Å². The van der Waals surface area contributed by atoms with E-state index >= 15 is 0 Å². The van der Waals surface area contributed by atoms with E-state index in [2.05, 4.69) is 0 Å². The van der Waals surface area contributed by atoms with Crippen molar-refractivity contribution in [1.82, 2.24) is 4.72 Å². The van der Waals surface area contributed by atoms with Crippen molar-refractivity contribution in [3.05, 3.63) is 29.3 Å². The highest BCUT2D eigenvalue weighted by Gasteiger charge is 2.21. The molecule has 0 radical (unpaired) electrons. The van der Waals surface area contributed by atoms with Crippen LogP contribution in [0, 0.1) is 0 Å². The molecule has 0 atom stereocenters. The fourth-order valence-electron chi connectivity index (χ4n) is 0.912. The molecule has 1 aromatic carbocycles. The summed E-state index contributed by atoms with van der Waals surface area (Å²) in [6.45, 7) is 0.970. The number of hydrogen-bond donors (Lipinski definition) is 1. The van der Waals surface area contributed by atoms with Crippen molar-refractivity contribution in [3.8, 4) is 0 Å². The third-order valence-corrected chi connectivity index (χ3v) is 3.50. The number of benzene rings is 1. The number of amides is 1. The van der Waals surface area contributed by atoms with Gasteiger partial charge in [0, 0.05) is 6.92 Å². The lowest BCUT2D eigenvalue weighted by atomic mass is 10.4. The molecule has 1 amide bonds. The smallest absolute Gasteiger partial charge is 0.289 e. The summed E-state index contributed by atoms with van der Waals surface area (Å²) in [5, 5.41) is -0.0219. The first-order chi connectivity index (χ1) is 7.34. The number of hydrogen-bond acceptors (Lipinski definition) is 4. The fourth-order valence-corrected chi connectivity index (χ4v) is 2.43. The molecule has 5 nitrogen and oxygen atoms in total. The highest BCUT2D eigenvalue weighted by Crippen LogP contribution is 2.19. The molecule has 7 heteroatoms.